The van der Waals surface area contributed by atoms with Gasteiger partial charge in [0.1, 0.15) is 6.33 Å². The number of amidine groups is 1. The number of aliphatic imine (C=N–C) groups is 1. The minimum atomic E-state index is -4.52. The van der Waals surface area contributed by atoms with Gasteiger partial charge < -0.3 is 10.4 Å². The Balaban J connectivity index is 1.45. The zero-order valence-corrected chi connectivity index (χ0v) is 17.2. The van der Waals surface area contributed by atoms with E-state index in [9.17, 15) is 18.3 Å². The van der Waals surface area contributed by atoms with Crippen molar-refractivity contribution in [3.05, 3.63) is 84.6 Å². The Morgan fingerprint density at radius 2 is 1.82 bits per heavy atom. The number of alkyl halides is 3. The number of halogens is 3. The van der Waals surface area contributed by atoms with E-state index in [2.05, 4.69) is 25.5 Å². The van der Waals surface area contributed by atoms with Crippen LogP contribution >= 0.6 is 0 Å². The Morgan fingerprint density at radius 3 is 2.52 bits per heavy atom. The second-order valence-electron chi connectivity index (χ2n) is 7.07. The Labute approximate surface area is 186 Å². The van der Waals surface area contributed by atoms with Gasteiger partial charge in [-0.15, -0.1) is 0 Å². The molecule has 0 spiro atoms. The third-order valence-electron chi connectivity index (χ3n) is 4.81. The molecule has 0 bridgehead atoms. The molecule has 33 heavy (non-hydrogen) atoms. The highest BCUT2D eigenvalue weighted by Crippen LogP contribution is 2.30. The van der Waals surface area contributed by atoms with Crippen LogP contribution in [0.3, 0.4) is 0 Å². The monoisotopic (exact) mass is 454 g/mol. The number of nitrogens with one attached hydrogen (secondary N) is 1. The third kappa shape index (κ3) is 5.32. The van der Waals surface area contributed by atoms with Crippen LogP contribution in [0, 0.1) is 0 Å². The van der Waals surface area contributed by atoms with Crippen LogP contribution in [0.1, 0.15) is 24.1 Å². The number of aromatic nitrogens is 4. The van der Waals surface area contributed by atoms with Gasteiger partial charge >= 0.3 is 12.1 Å². The maximum absolute atomic E-state index is 12.8. The van der Waals surface area contributed by atoms with Crippen molar-refractivity contribution in [2.45, 2.75) is 19.1 Å². The first kappa shape index (κ1) is 21.9. The van der Waals surface area contributed by atoms with Crippen molar-refractivity contribution in [3.63, 3.8) is 0 Å². The molecule has 4 aromatic rings. The van der Waals surface area contributed by atoms with Crippen LogP contribution in [-0.4, -0.2) is 21.3 Å². The van der Waals surface area contributed by atoms with E-state index in [0.29, 0.717) is 0 Å². The van der Waals surface area contributed by atoms with Crippen LogP contribution in [0.4, 0.5) is 24.7 Å². The summed E-state index contributed by atoms with van der Waals surface area (Å²) < 4.78 is 45.0. The van der Waals surface area contributed by atoms with Gasteiger partial charge in [-0.3, -0.25) is 4.52 Å². The minimum Gasteiger partial charge on any atom is -0.846 e. The fraction of sp³-hybridized carbons (Fsp3) is 0.136. The standard InChI is InChI=1S/C22H17F3N6O2/c1-14(15-5-7-16(8-6-15)17-10-26-13-27-11-17)31-12-20(33-30-31)29-21(32)28-19-4-2-3-18(9-19)22(23,24)25/h2-14H,1H3,(H-,28,29,30,32)/t14-/m1/s1. The van der Waals surface area contributed by atoms with E-state index in [1.54, 1.807) is 12.4 Å². The van der Waals surface area contributed by atoms with Gasteiger partial charge in [-0.05, 0) is 28.4 Å². The molecule has 4 rings (SSSR count). The second-order valence-corrected chi connectivity index (χ2v) is 7.07. The highest BCUT2D eigenvalue weighted by molar-refractivity contribution is 5.87. The molecule has 0 aliphatic carbocycles. The maximum Gasteiger partial charge on any atom is 0.416 e. The number of anilines is 1. The normalized spacial score (nSPS) is 13.0. The zero-order valence-electron chi connectivity index (χ0n) is 17.2. The molecule has 0 unspecified atom stereocenters. The van der Waals surface area contributed by atoms with Crippen LogP contribution in [-0.2, 0) is 6.18 Å². The van der Waals surface area contributed by atoms with Gasteiger partial charge in [0.05, 0.1) is 11.6 Å². The number of benzene rings is 2. The van der Waals surface area contributed by atoms with Crippen LogP contribution in [0.5, 0.6) is 0 Å². The van der Waals surface area contributed by atoms with Crippen LogP contribution in [0.15, 0.2) is 83.0 Å². The summed E-state index contributed by atoms with van der Waals surface area (Å²) in [6.07, 6.45) is 1.81. The van der Waals surface area contributed by atoms with Crippen molar-refractivity contribution in [2.75, 3.05) is 5.32 Å². The Morgan fingerprint density at radius 1 is 1.09 bits per heavy atom. The average molecular weight is 454 g/mol. The Kier molecular flexibility index (Phi) is 6.03. The summed E-state index contributed by atoms with van der Waals surface area (Å²) in [7, 11) is 0. The maximum atomic E-state index is 12.8. The van der Waals surface area contributed by atoms with E-state index >= 15 is 0 Å². The van der Waals surface area contributed by atoms with Gasteiger partial charge in [0.2, 0.25) is 11.3 Å². The first-order valence-corrected chi connectivity index (χ1v) is 9.73. The van der Waals surface area contributed by atoms with Crippen LogP contribution in [0.2, 0.25) is 0 Å². The fourth-order valence-corrected chi connectivity index (χ4v) is 3.06. The SMILES string of the molecule is C[C@H](c1ccc(-c2cncnc2)cc1)[n+]1cc(/N=C(\[O-])Nc2cccc(C(F)(F)F)c2)on1. The van der Waals surface area contributed by atoms with Gasteiger partial charge in [0.25, 0.3) is 6.20 Å². The molecule has 2 aromatic carbocycles. The van der Waals surface area contributed by atoms with Crippen molar-refractivity contribution in [1.82, 2.24) is 15.2 Å². The fourth-order valence-electron chi connectivity index (χ4n) is 3.06. The molecular weight excluding hydrogens is 437 g/mol. The lowest BCUT2D eigenvalue weighted by molar-refractivity contribution is -0.774. The van der Waals surface area contributed by atoms with Crippen molar-refractivity contribution >= 4 is 17.6 Å². The minimum absolute atomic E-state index is 0.0387. The van der Waals surface area contributed by atoms with Gasteiger partial charge in [-0.25, -0.2) is 15.0 Å². The summed E-state index contributed by atoms with van der Waals surface area (Å²) in [5, 5.41) is 18.3. The summed E-state index contributed by atoms with van der Waals surface area (Å²) in [6.45, 7) is 1.88. The lowest BCUT2D eigenvalue weighted by atomic mass is 10.0. The van der Waals surface area contributed by atoms with Gasteiger partial charge in [-0.2, -0.15) is 13.2 Å². The lowest BCUT2D eigenvalue weighted by Gasteiger charge is -2.14. The van der Waals surface area contributed by atoms with E-state index in [0.717, 1.165) is 28.8 Å². The zero-order chi connectivity index (χ0) is 23.4. The molecule has 2 aromatic heterocycles. The summed E-state index contributed by atoms with van der Waals surface area (Å²) >= 11 is 0. The molecular formula is C22H17F3N6O2. The summed E-state index contributed by atoms with van der Waals surface area (Å²) in [4.78, 5) is 11.7. The highest BCUT2D eigenvalue weighted by atomic mass is 19.4. The molecule has 0 amide bonds. The summed E-state index contributed by atoms with van der Waals surface area (Å²) in [5.74, 6) is -0.0932. The molecule has 168 valence electrons. The molecule has 0 aliphatic rings. The van der Waals surface area contributed by atoms with Gasteiger partial charge in [0, 0.05) is 36.1 Å². The summed E-state index contributed by atoms with van der Waals surface area (Å²) in [5.41, 5.74) is 1.85. The highest BCUT2D eigenvalue weighted by Gasteiger charge is 2.30. The number of rotatable bonds is 5. The molecule has 1 N–H and O–H groups in total. The van der Waals surface area contributed by atoms with E-state index < -0.39 is 17.8 Å². The quantitative estimate of drug-likeness (QED) is 0.281. The van der Waals surface area contributed by atoms with Crippen molar-refractivity contribution < 1.29 is 27.5 Å². The summed E-state index contributed by atoms with van der Waals surface area (Å²) in [6, 6.07) is 10.8. The second kappa shape index (κ2) is 9.07. The van der Waals surface area contributed by atoms with Crippen LogP contribution < -0.4 is 15.1 Å². The Hall–Kier alpha value is -4.28. The third-order valence-corrected chi connectivity index (χ3v) is 4.81. The van der Waals surface area contributed by atoms with Crippen molar-refractivity contribution in [2.24, 2.45) is 4.99 Å². The molecule has 0 radical (unpaired) electrons. The van der Waals surface area contributed by atoms with Gasteiger partial charge in [-0.1, -0.05) is 30.3 Å². The van der Waals surface area contributed by atoms with E-state index in [1.165, 1.54) is 29.3 Å². The molecule has 2 heterocycles. The molecule has 0 fully saturated rings. The lowest BCUT2D eigenvalue weighted by Crippen LogP contribution is -2.39. The molecule has 0 saturated heterocycles. The molecule has 11 heteroatoms. The smallest absolute Gasteiger partial charge is 0.416 e. The number of nitrogens with zero attached hydrogens (tertiary/aromatic N) is 5. The molecule has 8 nitrogen and oxygen atoms in total. The van der Waals surface area contributed by atoms with E-state index in [1.807, 2.05) is 31.2 Å². The average Bonchev–Trinajstić information content (AvgIpc) is 3.27. The van der Waals surface area contributed by atoms with E-state index in [-0.39, 0.29) is 17.6 Å². The molecule has 0 aliphatic heterocycles. The largest absolute Gasteiger partial charge is 0.846 e. The predicted molar refractivity (Wildman–Crippen MR) is 110 cm³/mol. The molecule has 0 saturated carbocycles. The van der Waals surface area contributed by atoms with Crippen molar-refractivity contribution in [3.8, 4) is 11.1 Å². The van der Waals surface area contributed by atoms with E-state index in [4.69, 9.17) is 4.52 Å². The topological polar surface area (TPSA) is 103 Å². The Bertz CT molecular complexity index is 1260. The van der Waals surface area contributed by atoms with Crippen LogP contribution in [0.25, 0.3) is 11.1 Å². The predicted octanol–water partition coefficient (Wildman–Crippen LogP) is 3.51. The first-order valence-electron chi connectivity index (χ1n) is 9.73. The number of hydrogen-bond acceptors (Lipinski definition) is 6. The van der Waals surface area contributed by atoms with Crippen molar-refractivity contribution in [1.29, 1.82) is 0 Å². The number of hydrogen-bond donors (Lipinski definition) is 1. The molecule has 1 atom stereocenters. The van der Waals surface area contributed by atoms with Gasteiger partial charge in [0.15, 0.2) is 0 Å². The first-order chi connectivity index (χ1) is 15.8.